The van der Waals surface area contributed by atoms with Gasteiger partial charge in [-0.15, -0.1) is 0 Å². The van der Waals surface area contributed by atoms with E-state index in [1.807, 2.05) is 24.8 Å². The first-order valence-electron chi connectivity index (χ1n) is 6.35. The van der Waals surface area contributed by atoms with Crippen molar-refractivity contribution >= 4 is 5.82 Å². The highest BCUT2D eigenvalue weighted by Crippen LogP contribution is 2.32. The molecule has 0 unspecified atom stereocenters. The fourth-order valence-corrected chi connectivity index (χ4v) is 2.62. The number of hydrogen-bond acceptors (Lipinski definition) is 4. The van der Waals surface area contributed by atoms with Crippen molar-refractivity contribution in [1.82, 2.24) is 4.98 Å². The number of aryl methyl sites for hydroxylation is 2. The van der Waals surface area contributed by atoms with Gasteiger partial charge in [0.2, 0.25) is 0 Å². The predicted molar refractivity (Wildman–Crippen MR) is 70.5 cm³/mol. The first-order valence-corrected chi connectivity index (χ1v) is 6.35. The van der Waals surface area contributed by atoms with E-state index in [0.717, 1.165) is 29.9 Å². The minimum absolute atomic E-state index is 0.575. The van der Waals surface area contributed by atoms with Gasteiger partial charge >= 0.3 is 0 Å². The van der Waals surface area contributed by atoms with Gasteiger partial charge in [0.05, 0.1) is 24.3 Å². The Labute approximate surface area is 108 Å². The van der Waals surface area contributed by atoms with E-state index in [1.54, 1.807) is 0 Å². The summed E-state index contributed by atoms with van der Waals surface area (Å²) in [5.41, 5.74) is 1.89. The van der Waals surface area contributed by atoms with E-state index in [4.69, 9.17) is 0 Å². The van der Waals surface area contributed by atoms with Crippen molar-refractivity contribution in [1.29, 1.82) is 5.26 Å². The van der Waals surface area contributed by atoms with E-state index in [-0.39, 0.29) is 0 Å². The van der Waals surface area contributed by atoms with Crippen LogP contribution >= 0.6 is 0 Å². The third-order valence-corrected chi connectivity index (χ3v) is 3.42. The first kappa shape index (κ1) is 12.8. The molecule has 96 valence electrons. The van der Waals surface area contributed by atoms with Gasteiger partial charge in [-0.3, -0.25) is 0 Å². The van der Waals surface area contributed by atoms with Crippen LogP contribution in [0.15, 0.2) is 6.07 Å². The smallest absolute Gasteiger partial charge is 0.147 e. The maximum Gasteiger partial charge on any atom is 0.147 e. The summed E-state index contributed by atoms with van der Waals surface area (Å²) < 4.78 is 0. The standard InChI is InChI=1S/C14H19N3O/c1-4-5-14(18)8-17(9-14)13-12(7-15)10(2)6-11(3)16-13/h6,18H,4-5,8-9H2,1-3H3. The molecule has 1 N–H and O–H groups in total. The Balaban J connectivity index is 2.24. The SMILES string of the molecule is CCCC1(O)CN(c2nc(C)cc(C)c2C#N)C1. The molecule has 1 aromatic heterocycles. The van der Waals surface area contributed by atoms with Crippen molar-refractivity contribution in [2.45, 2.75) is 39.2 Å². The molecule has 1 aromatic rings. The fraction of sp³-hybridized carbons (Fsp3) is 0.571. The van der Waals surface area contributed by atoms with E-state index < -0.39 is 5.60 Å². The highest BCUT2D eigenvalue weighted by Gasteiger charge is 2.41. The zero-order valence-corrected chi connectivity index (χ0v) is 11.2. The molecule has 0 spiro atoms. The van der Waals surface area contributed by atoms with E-state index in [1.165, 1.54) is 0 Å². The molecule has 0 saturated carbocycles. The largest absolute Gasteiger partial charge is 0.386 e. The van der Waals surface area contributed by atoms with Crippen molar-refractivity contribution in [3.8, 4) is 6.07 Å². The molecule has 1 fully saturated rings. The Morgan fingerprint density at radius 3 is 2.72 bits per heavy atom. The summed E-state index contributed by atoms with van der Waals surface area (Å²) in [4.78, 5) is 6.44. The summed E-state index contributed by atoms with van der Waals surface area (Å²) in [6, 6.07) is 4.13. The van der Waals surface area contributed by atoms with Crippen LogP contribution in [0.5, 0.6) is 0 Å². The topological polar surface area (TPSA) is 60.1 Å². The Bertz CT molecular complexity index is 498. The molecule has 1 aliphatic heterocycles. The lowest BCUT2D eigenvalue weighted by molar-refractivity contribution is 0.00290. The monoisotopic (exact) mass is 245 g/mol. The highest BCUT2D eigenvalue weighted by atomic mass is 16.3. The number of β-amino-alcohol motifs (C(OH)–C–C–N with tert-alkyl or cyclic N) is 1. The van der Waals surface area contributed by atoms with E-state index in [9.17, 15) is 10.4 Å². The molecule has 0 bridgehead atoms. The molecule has 0 radical (unpaired) electrons. The Kier molecular flexibility index (Phi) is 3.27. The molecule has 0 aromatic carbocycles. The minimum atomic E-state index is -0.596. The lowest BCUT2D eigenvalue weighted by Gasteiger charge is -2.47. The second-order valence-corrected chi connectivity index (χ2v) is 5.22. The van der Waals surface area contributed by atoms with Crippen LogP contribution in [-0.4, -0.2) is 28.8 Å². The summed E-state index contributed by atoms with van der Waals surface area (Å²) >= 11 is 0. The second-order valence-electron chi connectivity index (χ2n) is 5.22. The summed E-state index contributed by atoms with van der Waals surface area (Å²) in [5.74, 6) is 0.718. The lowest BCUT2D eigenvalue weighted by atomic mass is 9.89. The first-order chi connectivity index (χ1) is 8.49. The Morgan fingerprint density at radius 2 is 2.17 bits per heavy atom. The van der Waals surface area contributed by atoms with E-state index >= 15 is 0 Å². The average molecular weight is 245 g/mol. The van der Waals surface area contributed by atoms with Crippen molar-refractivity contribution in [2.24, 2.45) is 0 Å². The lowest BCUT2D eigenvalue weighted by Crippen LogP contribution is -2.62. The minimum Gasteiger partial charge on any atom is -0.386 e. The molecule has 2 rings (SSSR count). The summed E-state index contributed by atoms with van der Waals surface area (Å²) in [6.45, 7) is 7.07. The second kappa shape index (κ2) is 4.58. The number of hydrogen-bond donors (Lipinski definition) is 1. The van der Waals surface area contributed by atoms with Gasteiger partial charge in [0.25, 0.3) is 0 Å². The molecule has 0 aliphatic carbocycles. The fourth-order valence-electron chi connectivity index (χ4n) is 2.62. The van der Waals surface area contributed by atoms with Crippen LogP contribution in [-0.2, 0) is 0 Å². The van der Waals surface area contributed by atoms with Crippen molar-refractivity contribution in [3.05, 3.63) is 22.9 Å². The van der Waals surface area contributed by atoms with Crippen molar-refractivity contribution < 1.29 is 5.11 Å². The van der Waals surface area contributed by atoms with Crippen LogP contribution in [0.4, 0.5) is 5.82 Å². The van der Waals surface area contributed by atoms with E-state index in [2.05, 4.69) is 18.0 Å². The quantitative estimate of drug-likeness (QED) is 0.883. The van der Waals surface area contributed by atoms with Gasteiger partial charge in [-0.05, 0) is 31.9 Å². The molecule has 2 heterocycles. The van der Waals surface area contributed by atoms with Gasteiger partial charge in [0.15, 0.2) is 0 Å². The number of anilines is 1. The zero-order chi connectivity index (χ0) is 13.3. The third kappa shape index (κ3) is 2.19. The number of rotatable bonds is 3. The molecular weight excluding hydrogens is 226 g/mol. The van der Waals surface area contributed by atoms with Crippen molar-refractivity contribution in [2.75, 3.05) is 18.0 Å². The van der Waals surface area contributed by atoms with Gasteiger partial charge < -0.3 is 10.0 Å². The summed E-state index contributed by atoms with van der Waals surface area (Å²) in [6.07, 6.45) is 1.77. The molecule has 18 heavy (non-hydrogen) atoms. The van der Waals surface area contributed by atoms with Crippen LogP contribution < -0.4 is 4.90 Å². The molecule has 1 aliphatic rings. The highest BCUT2D eigenvalue weighted by molar-refractivity contribution is 5.60. The predicted octanol–water partition coefficient (Wildman–Crippen LogP) is 1.92. The van der Waals surface area contributed by atoms with Crippen LogP contribution in [0.1, 0.15) is 36.6 Å². The average Bonchev–Trinajstić information content (AvgIpc) is 2.25. The number of aromatic nitrogens is 1. The van der Waals surface area contributed by atoms with Gasteiger partial charge in [0, 0.05) is 5.69 Å². The number of aliphatic hydroxyl groups is 1. The van der Waals surface area contributed by atoms with Gasteiger partial charge in [-0.25, -0.2) is 4.98 Å². The molecular formula is C14H19N3O. The van der Waals surface area contributed by atoms with Crippen LogP contribution in [0.3, 0.4) is 0 Å². The van der Waals surface area contributed by atoms with Gasteiger partial charge in [0.1, 0.15) is 11.9 Å². The number of nitrogens with zero attached hydrogens (tertiary/aromatic N) is 3. The van der Waals surface area contributed by atoms with Crippen molar-refractivity contribution in [3.63, 3.8) is 0 Å². The summed E-state index contributed by atoms with van der Waals surface area (Å²) in [5, 5.41) is 19.4. The molecule has 0 atom stereocenters. The maximum absolute atomic E-state index is 10.2. The molecule has 4 heteroatoms. The zero-order valence-electron chi connectivity index (χ0n) is 11.2. The number of nitriles is 1. The molecule has 4 nitrogen and oxygen atoms in total. The third-order valence-electron chi connectivity index (χ3n) is 3.42. The maximum atomic E-state index is 10.2. The molecule has 1 saturated heterocycles. The van der Waals surface area contributed by atoms with Gasteiger partial charge in [-0.2, -0.15) is 5.26 Å². The van der Waals surface area contributed by atoms with Crippen LogP contribution in [0.25, 0.3) is 0 Å². The Morgan fingerprint density at radius 1 is 1.50 bits per heavy atom. The molecule has 0 amide bonds. The summed E-state index contributed by atoms with van der Waals surface area (Å²) in [7, 11) is 0. The normalized spacial score (nSPS) is 17.2. The Hall–Kier alpha value is -1.60. The van der Waals surface area contributed by atoms with Crippen LogP contribution in [0, 0.1) is 25.2 Å². The van der Waals surface area contributed by atoms with Crippen LogP contribution in [0.2, 0.25) is 0 Å². The van der Waals surface area contributed by atoms with E-state index in [0.29, 0.717) is 18.7 Å². The van der Waals surface area contributed by atoms with Gasteiger partial charge in [-0.1, -0.05) is 13.3 Å². The number of pyridine rings is 1.